The molecule has 2 amide bonds. The smallest absolute Gasteiger partial charge is 0.258 e. The van der Waals surface area contributed by atoms with E-state index in [9.17, 15) is 9.59 Å². The lowest BCUT2D eigenvalue weighted by molar-refractivity contribution is -0.125. The summed E-state index contributed by atoms with van der Waals surface area (Å²) in [6.07, 6.45) is 2.58. The molecule has 0 aromatic heterocycles. The molecule has 142 valence electrons. The van der Waals surface area contributed by atoms with E-state index in [2.05, 4.69) is 11.4 Å². The monoisotopic (exact) mass is 364 g/mol. The van der Waals surface area contributed by atoms with Crippen LogP contribution < -0.4 is 10.2 Å². The van der Waals surface area contributed by atoms with Gasteiger partial charge in [-0.3, -0.25) is 9.59 Å². The molecule has 27 heavy (non-hydrogen) atoms. The Hall–Kier alpha value is -2.62. The Balaban J connectivity index is 1.69. The van der Waals surface area contributed by atoms with Crippen LogP contribution in [0.2, 0.25) is 0 Å². The summed E-state index contributed by atoms with van der Waals surface area (Å²) in [7, 11) is 0. The summed E-state index contributed by atoms with van der Waals surface area (Å²) in [5.74, 6) is 0.252. The van der Waals surface area contributed by atoms with Crippen LogP contribution in [0, 0.1) is 12.8 Å². The molecule has 0 saturated carbocycles. The zero-order valence-corrected chi connectivity index (χ0v) is 16.4. The van der Waals surface area contributed by atoms with Gasteiger partial charge in [-0.2, -0.15) is 0 Å². The quantitative estimate of drug-likeness (QED) is 0.833. The summed E-state index contributed by atoms with van der Waals surface area (Å²) in [4.78, 5) is 26.9. The van der Waals surface area contributed by atoms with Gasteiger partial charge >= 0.3 is 0 Å². The van der Waals surface area contributed by atoms with Gasteiger partial charge < -0.3 is 10.2 Å². The van der Waals surface area contributed by atoms with E-state index in [0.717, 1.165) is 41.6 Å². The highest BCUT2D eigenvalue weighted by atomic mass is 16.2. The topological polar surface area (TPSA) is 49.4 Å². The summed E-state index contributed by atoms with van der Waals surface area (Å²) in [6.45, 7) is 7.34. The van der Waals surface area contributed by atoms with Crippen LogP contribution in [0.25, 0.3) is 0 Å². The fraction of sp³-hybridized carbons (Fsp3) is 0.391. The van der Waals surface area contributed by atoms with Crippen molar-refractivity contribution in [1.82, 2.24) is 5.32 Å². The van der Waals surface area contributed by atoms with Crippen molar-refractivity contribution in [1.29, 1.82) is 0 Å². The normalized spacial score (nSPS) is 13.0. The summed E-state index contributed by atoms with van der Waals surface area (Å²) < 4.78 is 0. The van der Waals surface area contributed by atoms with E-state index < -0.39 is 0 Å². The van der Waals surface area contributed by atoms with Gasteiger partial charge in [-0.05, 0) is 55.5 Å². The lowest BCUT2D eigenvalue weighted by atomic mass is 10.0. The van der Waals surface area contributed by atoms with Gasteiger partial charge in [0.25, 0.3) is 5.91 Å². The number of fused-ring (bicyclic) bond motifs is 1. The Morgan fingerprint density at radius 1 is 1.07 bits per heavy atom. The van der Waals surface area contributed by atoms with Crippen LogP contribution in [-0.2, 0) is 17.8 Å². The molecule has 0 spiro atoms. The second-order valence-electron chi connectivity index (χ2n) is 7.27. The number of rotatable bonds is 6. The average molecular weight is 364 g/mol. The molecule has 2 aromatic carbocycles. The lowest BCUT2D eigenvalue weighted by Gasteiger charge is -2.18. The molecule has 4 heteroatoms. The van der Waals surface area contributed by atoms with Crippen molar-refractivity contribution in [3.63, 3.8) is 0 Å². The molecule has 1 aliphatic rings. The van der Waals surface area contributed by atoms with Crippen molar-refractivity contribution < 1.29 is 9.59 Å². The maximum atomic E-state index is 12.8. The van der Waals surface area contributed by atoms with Crippen LogP contribution in [0.15, 0.2) is 42.5 Å². The van der Waals surface area contributed by atoms with Gasteiger partial charge in [-0.1, -0.05) is 43.7 Å². The van der Waals surface area contributed by atoms with Gasteiger partial charge in [0.1, 0.15) is 0 Å². The van der Waals surface area contributed by atoms with Crippen molar-refractivity contribution in [2.45, 2.75) is 46.6 Å². The molecule has 0 saturated heterocycles. The van der Waals surface area contributed by atoms with Gasteiger partial charge in [0, 0.05) is 30.3 Å². The Kier molecular flexibility index (Phi) is 5.94. The van der Waals surface area contributed by atoms with E-state index in [1.54, 1.807) is 0 Å². The Bertz CT molecular complexity index is 823. The number of anilines is 1. The molecular formula is C23H28N2O2. The fourth-order valence-electron chi connectivity index (χ4n) is 3.62. The highest BCUT2D eigenvalue weighted by molar-refractivity contribution is 6.07. The van der Waals surface area contributed by atoms with Gasteiger partial charge in [0.05, 0.1) is 0 Å². The number of nitrogens with zero attached hydrogens (tertiary/aromatic N) is 1. The molecule has 0 radical (unpaired) electrons. The molecule has 4 nitrogen and oxygen atoms in total. The van der Waals surface area contributed by atoms with Crippen molar-refractivity contribution in [3.8, 4) is 0 Å². The van der Waals surface area contributed by atoms with E-state index in [4.69, 9.17) is 0 Å². The number of nitrogens with one attached hydrogen (secondary N) is 1. The van der Waals surface area contributed by atoms with Crippen LogP contribution in [0.3, 0.4) is 0 Å². The molecule has 3 rings (SSSR count). The molecule has 1 heterocycles. The van der Waals surface area contributed by atoms with Crippen LogP contribution in [0.4, 0.5) is 5.69 Å². The summed E-state index contributed by atoms with van der Waals surface area (Å²) in [6, 6.07) is 13.8. The summed E-state index contributed by atoms with van der Waals surface area (Å²) in [5.41, 5.74) is 5.10. The number of carbonyl (C=O) groups is 2. The summed E-state index contributed by atoms with van der Waals surface area (Å²) in [5, 5.41) is 3.04. The molecule has 2 aromatic rings. The first kappa shape index (κ1) is 19.2. The van der Waals surface area contributed by atoms with E-state index in [1.807, 2.05) is 62.1 Å². The van der Waals surface area contributed by atoms with Crippen LogP contribution in [0.1, 0.15) is 53.7 Å². The highest BCUT2D eigenvalue weighted by Crippen LogP contribution is 2.30. The number of benzene rings is 2. The third-order valence-electron chi connectivity index (χ3n) is 5.41. The van der Waals surface area contributed by atoms with Crippen LogP contribution >= 0.6 is 0 Å². The number of aryl methyl sites for hydroxylation is 1. The maximum Gasteiger partial charge on any atom is 0.258 e. The minimum Gasteiger partial charge on any atom is -0.352 e. The Labute approximate surface area is 161 Å². The third-order valence-corrected chi connectivity index (χ3v) is 5.41. The van der Waals surface area contributed by atoms with E-state index in [-0.39, 0.29) is 17.7 Å². The minimum atomic E-state index is 0.0449. The number of amides is 2. The Morgan fingerprint density at radius 2 is 1.78 bits per heavy atom. The van der Waals surface area contributed by atoms with E-state index >= 15 is 0 Å². The second-order valence-corrected chi connectivity index (χ2v) is 7.27. The second kappa shape index (κ2) is 8.38. The van der Waals surface area contributed by atoms with Crippen LogP contribution in [-0.4, -0.2) is 18.4 Å². The molecular weight excluding hydrogens is 336 g/mol. The van der Waals surface area contributed by atoms with Gasteiger partial charge in [0.2, 0.25) is 5.91 Å². The van der Waals surface area contributed by atoms with E-state index in [1.165, 1.54) is 5.56 Å². The number of carbonyl (C=O) groups excluding carboxylic acids is 2. The summed E-state index contributed by atoms with van der Waals surface area (Å²) >= 11 is 0. The lowest BCUT2D eigenvalue weighted by Crippen LogP contribution is -2.29. The molecule has 1 aliphatic heterocycles. The maximum absolute atomic E-state index is 12.8. The number of hydrogen-bond acceptors (Lipinski definition) is 2. The average Bonchev–Trinajstić information content (AvgIpc) is 3.10. The predicted molar refractivity (Wildman–Crippen MR) is 109 cm³/mol. The van der Waals surface area contributed by atoms with Gasteiger partial charge in [-0.25, -0.2) is 0 Å². The molecule has 1 N–H and O–H groups in total. The SMILES string of the molecule is CCC(CC)C(=O)NCc1ccc2c(c1)CCN2C(=O)c1ccc(C)cc1. The molecule has 0 atom stereocenters. The molecule has 0 fully saturated rings. The van der Waals surface area contributed by atoms with Crippen LogP contribution in [0.5, 0.6) is 0 Å². The fourth-order valence-corrected chi connectivity index (χ4v) is 3.62. The number of hydrogen-bond donors (Lipinski definition) is 1. The third kappa shape index (κ3) is 4.21. The van der Waals surface area contributed by atoms with Crippen molar-refractivity contribution in [2.75, 3.05) is 11.4 Å². The van der Waals surface area contributed by atoms with E-state index in [0.29, 0.717) is 13.1 Å². The first-order chi connectivity index (χ1) is 13.0. The minimum absolute atomic E-state index is 0.0449. The first-order valence-electron chi connectivity index (χ1n) is 9.81. The molecule has 0 aliphatic carbocycles. The standard InChI is InChI=1S/C23H28N2O2/c1-4-18(5-2)22(26)24-15-17-8-11-21-20(14-17)12-13-25(21)23(27)19-9-6-16(3)7-10-19/h6-11,14,18H,4-5,12-13,15H2,1-3H3,(H,24,26). The predicted octanol–water partition coefficient (Wildman–Crippen LogP) is 4.25. The van der Waals surface area contributed by atoms with Gasteiger partial charge in [0.15, 0.2) is 0 Å². The largest absolute Gasteiger partial charge is 0.352 e. The Morgan fingerprint density at radius 3 is 2.44 bits per heavy atom. The molecule has 0 unspecified atom stereocenters. The first-order valence-corrected chi connectivity index (χ1v) is 9.81. The zero-order chi connectivity index (χ0) is 19.4. The van der Waals surface area contributed by atoms with Crippen molar-refractivity contribution in [2.24, 2.45) is 5.92 Å². The van der Waals surface area contributed by atoms with Crippen molar-refractivity contribution >= 4 is 17.5 Å². The highest BCUT2D eigenvalue weighted by Gasteiger charge is 2.25. The van der Waals surface area contributed by atoms with Gasteiger partial charge in [-0.15, -0.1) is 0 Å². The van der Waals surface area contributed by atoms with Crippen molar-refractivity contribution in [3.05, 3.63) is 64.7 Å². The molecule has 0 bridgehead atoms. The zero-order valence-electron chi connectivity index (χ0n) is 16.4.